The van der Waals surface area contributed by atoms with Gasteiger partial charge in [-0.15, -0.1) is 11.8 Å². The lowest BCUT2D eigenvalue weighted by Gasteiger charge is -2.15. The van der Waals surface area contributed by atoms with Crippen molar-refractivity contribution < 1.29 is 115 Å². The van der Waals surface area contributed by atoms with Crippen LogP contribution in [-0.4, -0.2) is 170 Å². The number of halogens is 6. The molecule has 94 heavy (non-hydrogen) atoms. The van der Waals surface area contributed by atoms with Crippen molar-refractivity contribution in [3.8, 4) is 23.5 Å². The summed E-state index contributed by atoms with van der Waals surface area (Å²) in [7, 11) is -12.4. The van der Waals surface area contributed by atoms with E-state index in [1.54, 1.807) is 19.4 Å². The number of nitrogens with two attached hydrogens (primary N) is 1. The van der Waals surface area contributed by atoms with E-state index in [-0.39, 0.29) is 57.4 Å². The number of urea groups is 2. The molecule has 2 aromatic carbocycles. The second-order valence-electron chi connectivity index (χ2n) is 17.9. The molecule has 6 aromatic rings. The van der Waals surface area contributed by atoms with Crippen LogP contribution in [0.5, 0.6) is 23.5 Å². The minimum absolute atomic E-state index is 0.0412. The van der Waals surface area contributed by atoms with E-state index in [2.05, 4.69) is 49.4 Å². The Kier molecular flexibility index (Phi) is 29.0. The first-order chi connectivity index (χ1) is 43.9. The quantitative estimate of drug-likeness (QED) is 0.0188. The molecule has 4 aromatic heterocycles. The number of aliphatic carboxylic acids is 1. The molecule has 0 bridgehead atoms. The van der Waals surface area contributed by atoms with E-state index in [4.69, 9.17) is 41.9 Å². The van der Waals surface area contributed by atoms with Crippen molar-refractivity contribution in [1.82, 2.24) is 43.7 Å². The van der Waals surface area contributed by atoms with Gasteiger partial charge < -0.3 is 44.5 Å². The molecule has 7 rings (SSSR count). The zero-order valence-corrected chi connectivity index (χ0v) is 54.6. The van der Waals surface area contributed by atoms with Gasteiger partial charge in [-0.1, -0.05) is 30.7 Å². The number of carboxylic acid groups (broad SMARTS) is 2. The molecule has 2 atom stereocenters. The molecule has 9 N–H and O–H groups in total. The van der Waals surface area contributed by atoms with Crippen molar-refractivity contribution in [2.75, 3.05) is 56.3 Å². The van der Waals surface area contributed by atoms with Crippen LogP contribution >= 0.6 is 42.1 Å². The van der Waals surface area contributed by atoms with Gasteiger partial charge in [-0.2, -0.15) is 45.9 Å². The highest BCUT2D eigenvalue weighted by Crippen LogP contribution is 2.36. The molecule has 34 nitrogen and oxygen atoms in total. The number of carbonyl (C=O) groups is 5. The van der Waals surface area contributed by atoms with E-state index in [0.29, 0.717) is 28.9 Å². The first-order valence-electron chi connectivity index (χ1n) is 25.7. The van der Waals surface area contributed by atoms with E-state index >= 15 is 0 Å². The first-order valence-corrected chi connectivity index (χ1v) is 34.8. The van der Waals surface area contributed by atoms with Gasteiger partial charge >= 0.3 is 48.1 Å². The number of sulfone groups is 1. The minimum atomic E-state index is -4.71. The van der Waals surface area contributed by atoms with Gasteiger partial charge in [-0.05, 0) is 67.0 Å². The number of hydrogen-bond acceptors (Lipinski definition) is 27. The number of methoxy groups -OCH3 is 3. The molecule has 1 aliphatic rings. The fourth-order valence-corrected chi connectivity index (χ4v) is 13.2. The van der Waals surface area contributed by atoms with E-state index in [0.717, 1.165) is 66.4 Å². The highest BCUT2D eigenvalue weighted by atomic mass is 35.5. The predicted octanol–water partition coefficient (Wildman–Crippen LogP) is 4.56. The third-order valence-electron chi connectivity index (χ3n) is 11.1. The molecule has 0 radical (unpaired) electrons. The number of fused-ring (bicyclic) bond motifs is 1. The van der Waals surface area contributed by atoms with Crippen LogP contribution in [0, 0.1) is 5.82 Å². The molecule has 0 saturated heterocycles. The number of rotatable bonds is 23. The van der Waals surface area contributed by atoms with Crippen LogP contribution in [0.15, 0.2) is 96.4 Å². The molecule has 46 heteroatoms. The summed E-state index contributed by atoms with van der Waals surface area (Å²) < 4.78 is 177. The van der Waals surface area contributed by atoms with Crippen LogP contribution in [0.3, 0.4) is 0 Å². The van der Waals surface area contributed by atoms with Crippen LogP contribution in [-0.2, 0) is 61.9 Å². The second kappa shape index (κ2) is 35.0. The highest BCUT2D eigenvalue weighted by Gasteiger charge is 2.30. The Balaban J connectivity index is 0.000000278. The first kappa shape index (κ1) is 77.8. The van der Waals surface area contributed by atoms with Crippen molar-refractivity contribution in [3.63, 3.8) is 0 Å². The number of alkyl halides is 4. The van der Waals surface area contributed by atoms with Crippen LogP contribution < -0.4 is 54.4 Å². The zero-order chi connectivity index (χ0) is 70.5. The second-order valence-corrected chi connectivity index (χ2v) is 28.2. The van der Waals surface area contributed by atoms with Gasteiger partial charge in [0.25, 0.3) is 20.0 Å². The Morgan fingerprint density at radius 3 is 1.83 bits per heavy atom. The van der Waals surface area contributed by atoms with E-state index in [9.17, 15) is 80.5 Å². The normalized spacial score (nSPS) is 13.1. The Labute approximate surface area is 541 Å². The lowest BCUT2D eigenvalue weighted by Crippen LogP contribution is -2.36. The highest BCUT2D eigenvalue weighted by molar-refractivity contribution is 8.00. The zero-order valence-electron chi connectivity index (χ0n) is 48.8. The van der Waals surface area contributed by atoms with Gasteiger partial charge in [-0.25, -0.2) is 59.7 Å². The molecule has 2 unspecified atom stereocenters. The Bertz CT molecular complexity index is 4220. The van der Waals surface area contributed by atoms with Crippen LogP contribution in [0.4, 0.5) is 49.1 Å². The number of aromatic carboxylic acids is 1. The average Bonchev–Trinajstić information content (AvgIpc) is 1.16. The minimum Gasteiger partial charge on any atom is -0.481 e. The van der Waals surface area contributed by atoms with Gasteiger partial charge in [0.15, 0.2) is 22.2 Å². The number of amides is 4. The summed E-state index contributed by atoms with van der Waals surface area (Å²) in [5, 5.41) is 20.5. The summed E-state index contributed by atoms with van der Waals surface area (Å²) in [6.45, 7) is -2.96. The summed E-state index contributed by atoms with van der Waals surface area (Å²) in [6.07, 6.45) is 2.99. The molecule has 0 aliphatic carbocycles. The fourth-order valence-electron chi connectivity index (χ4n) is 6.81. The number of pyridine rings is 1. The lowest BCUT2D eigenvalue weighted by atomic mass is 10.2. The number of thioether (sulfide) groups is 1. The van der Waals surface area contributed by atoms with E-state index in [1.165, 1.54) is 70.0 Å². The number of hydrogen-bond donors (Lipinski definition) is 8. The molecule has 514 valence electrons. The standard InChI is InChI=1S/C15H15ClFN3O3S2.C14H10F4N4O7S.C14H17N5O7S2.C5H12NO4P/c1-23-13(21)8-24-12-7-11(10(17)6-9(12)16)18-14-19-4-2-3-5-20(19)15(22)25-14;15-11(16)28-8-5-9(29-12(17)18)20-13(19-8)21-14(25)22-30(26,27)7-4-2-1-3-6(7)10(23)24;1-4-27(21,22)9-6-5-7-15-12(9)28(23,24)19-14(20)18-13-16-10(25-2)8-11(17-13)26-3;1-11(9,10)3-2-4(6)5(7)8/h6-7H,2-5,8H2,1H3;1-5,11-12H,(H,23,24)(H2,19,20,21,22,25);5-8H,4H2,1-3H3,(H2,16,17,18,19,20);4H,2-3,6H2,1H3,(H,7,8)(H,9,10)/b18-14-;;;. The molecule has 0 saturated carbocycles. The Morgan fingerprint density at radius 1 is 0.798 bits per heavy atom. The number of benzene rings is 2. The number of anilines is 2. The number of sulfonamides is 2. The molecule has 5 heterocycles. The van der Waals surface area contributed by atoms with Crippen molar-refractivity contribution in [1.29, 1.82) is 0 Å². The number of esters is 1. The van der Waals surface area contributed by atoms with Crippen LogP contribution in [0.25, 0.3) is 0 Å². The molecule has 1 aliphatic heterocycles. The monoisotopic (exact) mass is 1470 g/mol. The van der Waals surface area contributed by atoms with Crippen molar-refractivity contribution >= 4 is 120 Å². The van der Waals surface area contributed by atoms with Gasteiger partial charge in [-0.3, -0.25) is 34.3 Å². The molecule has 0 fully saturated rings. The molecule has 4 amide bonds. The molecular formula is C48H54ClF5N13O21PS5. The number of carbonyl (C=O) groups excluding carboxylic acids is 3. The summed E-state index contributed by atoms with van der Waals surface area (Å²) in [5.74, 6) is -7.04. The van der Waals surface area contributed by atoms with Crippen LogP contribution in [0.1, 0.15) is 36.5 Å². The van der Waals surface area contributed by atoms with Gasteiger partial charge in [0.2, 0.25) is 40.2 Å². The summed E-state index contributed by atoms with van der Waals surface area (Å²) >= 11 is 8.17. The van der Waals surface area contributed by atoms with Crippen molar-refractivity contribution in [3.05, 3.63) is 97.7 Å². The maximum Gasteiger partial charge on any atom is 0.388 e. The predicted molar refractivity (Wildman–Crippen MR) is 320 cm³/mol. The summed E-state index contributed by atoms with van der Waals surface area (Å²) in [4.78, 5) is 99.0. The van der Waals surface area contributed by atoms with Gasteiger partial charge in [0, 0.05) is 37.0 Å². The largest absolute Gasteiger partial charge is 0.481 e. The number of nitrogens with zero attached hydrogens (tertiary/aromatic N) is 8. The molecular weight excluding hydrogens is 1420 g/mol. The average molecular weight is 1470 g/mol. The Hall–Kier alpha value is -8.65. The van der Waals surface area contributed by atoms with E-state index in [1.807, 2.05) is 0 Å². The molecule has 0 spiro atoms. The number of nitrogens with one attached hydrogen (secondary N) is 4. The topological polar surface area (TPSA) is 490 Å². The van der Waals surface area contributed by atoms with Gasteiger partial charge in [0.05, 0.1) is 55.6 Å². The third-order valence-corrected chi connectivity index (χ3v) is 19.0. The maximum atomic E-state index is 14.3. The van der Waals surface area contributed by atoms with Crippen molar-refractivity contribution in [2.24, 2.45) is 10.7 Å². The maximum absolute atomic E-state index is 14.3. The SMILES string of the molecule is CCS(=O)(=O)c1cccnc1S(=O)(=O)NC(=O)Nc1nc(OC)cc(OC)n1.COC(=O)CSc1cc(/N=c2\sc(=O)n3n2CCCC3)c(F)cc1Cl.CP(=O)(O)CCC(N)C(=O)O.O=C(Nc1nc(OC(F)F)cc(OC(F)F)n1)NS(=O)(=O)c1ccccc1C(=O)O. The third kappa shape index (κ3) is 24.4. The lowest BCUT2D eigenvalue weighted by molar-refractivity contribution is -0.139. The Morgan fingerprint density at radius 2 is 1.32 bits per heavy atom. The number of ether oxygens (including phenoxy) is 5. The fraction of sp³-hybridized carbons (Fsp3) is 0.333. The van der Waals surface area contributed by atoms with Crippen LogP contribution in [0.2, 0.25) is 5.02 Å². The van der Waals surface area contributed by atoms with Crippen molar-refractivity contribution in [2.45, 2.75) is 78.3 Å². The van der Waals surface area contributed by atoms with Gasteiger partial charge in [0.1, 0.15) is 27.3 Å². The van der Waals surface area contributed by atoms with E-state index < -0.39 is 130 Å². The smallest absolute Gasteiger partial charge is 0.388 e. The number of carboxylic acids is 2. The number of aromatic nitrogens is 7. The summed E-state index contributed by atoms with van der Waals surface area (Å²) in [5.41, 5.74) is 4.53. The summed E-state index contributed by atoms with van der Waals surface area (Å²) in [6, 6.07) is 7.31.